The SMILES string of the molecule is CC(C)N1CCC(c2cccc(-c3cn(Cc4ccc(-c5nnc(C(F)F)o5)cc4F)nn3)c2)CC1. The van der Waals surface area contributed by atoms with Crippen molar-refractivity contribution in [3.8, 4) is 22.7 Å². The molecule has 10 heteroatoms. The molecule has 0 atom stereocenters. The maximum atomic E-state index is 14.7. The third kappa shape index (κ3) is 5.18. The van der Waals surface area contributed by atoms with E-state index in [9.17, 15) is 13.2 Å². The molecule has 3 heterocycles. The average Bonchev–Trinajstić information content (AvgIpc) is 3.56. The van der Waals surface area contributed by atoms with Gasteiger partial charge in [-0.1, -0.05) is 29.5 Å². The molecule has 1 saturated heterocycles. The largest absolute Gasteiger partial charge is 0.415 e. The van der Waals surface area contributed by atoms with Crippen LogP contribution in [0.4, 0.5) is 13.2 Å². The molecule has 0 saturated carbocycles. The van der Waals surface area contributed by atoms with Crippen LogP contribution in [0.1, 0.15) is 56.1 Å². The van der Waals surface area contributed by atoms with Gasteiger partial charge < -0.3 is 9.32 Å². The lowest BCUT2D eigenvalue weighted by Crippen LogP contribution is -2.37. The highest BCUT2D eigenvalue weighted by molar-refractivity contribution is 5.59. The van der Waals surface area contributed by atoms with E-state index in [4.69, 9.17) is 4.42 Å². The quantitative estimate of drug-likeness (QED) is 0.326. The Morgan fingerprint density at radius 3 is 2.50 bits per heavy atom. The Balaban J connectivity index is 1.28. The summed E-state index contributed by atoms with van der Waals surface area (Å²) >= 11 is 0. The smallest absolute Gasteiger partial charge is 0.314 e. The normalized spacial score (nSPS) is 15.3. The van der Waals surface area contributed by atoms with E-state index in [0.29, 0.717) is 17.5 Å². The fourth-order valence-corrected chi connectivity index (χ4v) is 4.63. The van der Waals surface area contributed by atoms with E-state index in [2.05, 4.69) is 51.4 Å². The highest BCUT2D eigenvalue weighted by Gasteiger charge is 2.22. The van der Waals surface area contributed by atoms with E-state index in [1.165, 1.54) is 11.6 Å². The van der Waals surface area contributed by atoms with Crippen molar-refractivity contribution in [2.75, 3.05) is 13.1 Å². The minimum atomic E-state index is -2.88. The molecule has 0 unspecified atom stereocenters. The summed E-state index contributed by atoms with van der Waals surface area (Å²) in [5.74, 6) is -0.961. The molecule has 188 valence electrons. The molecular weight excluding hydrogens is 469 g/mol. The van der Waals surface area contributed by atoms with Crippen LogP contribution in [-0.4, -0.2) is 49.2 Å². The van der Waals surface area contributed by atoms with E-state index in [0.717, 1.165) is 37.2 Å². The molecule has 0 aliphatic carbocycles. The van der Waals surface area contributed by atoms with Crippen LogP contribution in [0.5, 0.6) is 0 Å². The standard InChI is InChI=1S/C26H27F3N6O/c1-16(2)34-10-8-17(9-11-34)18-4-3-5-19(12-18)23-15-35(33-30-23)14-21-7-6-20(13-22(21)27)25-31-32-26(36-25)24(28)29/h3-7,12-13,15-17,24H,8-11,14H2,1-2H3. The number of likely N-dealkylation sites (tertiary alicyclic amines) is 1. The fraction of sp³-hybridized carbons (Fsp3) is 0.385. The predicted octanol–water partition coefficient (Wildman–Crippen LogP) is 5.71. The van der Waals surface area contributed by atoms with Crippen LogP contribution in [0.15, 0.2) is 53.1 Å². The lowest BCUT2D eigenvalue weighted by Gasteiger charge is -2.34. The molecule has 0 radical (unpaired) electrons. The van der Waals surface area contributed by atoms with Gasteiger partial charge in [0.05, 0.1) is 12.7 Å². The molecule has 0 N–H and O–H groups in total. The number of hydrogen-bond donors (Lipinski definition) is 0. The van der Waals surface area contributed by atoms with Crippen molar-refractivity contribution in [2.24, 2.45) is 0 Å². The summed E-state index contributed by atoms with van der Waals surface area (Å²) in [5.41, 5.74) is 3.61. The lowest BCUT2D eigenvalue weighted by molar-refractivity contribution is 0.116. The van der Waals surface area contributed by atoms with Crippen LogP contribution < -0.4 is 0 Å². The highest BCUT2D eigenvalue weighted by Crippen LogP contribution is 2.31. The van der Waals surface area contributed by atoms with E-state index < -0.39 is 18.1 Å². The van der Waals surface area contributed by atoms with Crippen molar-refractivity contribution >= 4 is 0 Å². The van der Waals surface area contributed by atoms with Crippen LogP contribution in [0.3, 0.4) is 0 Å². The predicted molar refractivity (Wildman–Crippen MR) is 128 cm³/mol. The van der Waals surface area contributed by atoms with Crippen molar-refractivity contribution in [2.45, 2.75) is 51.6 Å². The summed E-state index contributed by atoms with van der Waals surface area (Å²) in [4.78, 5) is 2.51. The minimum Gasteiger partial charge on any atom is -0.415 e. The van der Waals surface area contributed by atoms with E-state index >= 15 is 0 Å². The van der Waals surface area contributed by atoms with Gasteiger partial charge in [0.1, 0.15) is 11.5 Å². The lowest BCUT2D eigenvalue weighted by atomic mass is 9.88. The number of hydrogen-bond acceptors (Lipinski definition) is 6. The number of halogens is 3. The Morgan fingerprint density at radius 1 is 1.00 bits per heavy atom. The zero-order valence-electron chi connectivity index (χ0n) is 20.1. The first-order chi connectivity index (χ1) is 17.4. The third-order valence-electron chi connectivity index (χ3n) is 6.71. The zero-order chi connectivity index (χ0) is 25.2. The van der Waals surface area contributed by atoms with Crippen molar-refractivity contribution in [1.82, 2.24) is 30.1 Å². The number of aromatic nitrogens is 5. The van der Waals surface area contributed by atoms with E-state index in [1.807, 2.05) is 12.1 Å². The second kappa shape index (κ2) is 10.2. The van der Waals surface area contributed by atoms with Gasteiger partial charge in [-0.3, -0.25) is 0 Å². The Kier molecular flexibility index (Phi) is 6.86. The number of piperidine rings is 1. The van der Waals surface area contributed by atoms with Gasteiger partial charge in [0.2, 0.25) is 5.89 Å². The first kappa shape index (κ1) is 24.2. The maximum Gasteiger partial charge on any atom is 0.314 e. The molecule has 1 aliphatic heterocycles. The van der Waals surface area contributed by atoms with Gasteiger partial charge >= 0.3 is 6.43 Å². The van der Waals surface area contributed by atoms with Crippen molar-refractivity contribution in [1.29, 1.82) is 0 Å². The van der Waals surface area contributed by atoms with Crippen molar-refractivity contribution in [3.63, 3.8) is 0 Å². The average molecular weight is 497 g/mol. The number of rotatable bonds is 7. The molecule has 0 spiro atoms. The van der Waals surface area contributed by atoms with Gasteiger partial charge in [-0.2, -0.15) is 8.78 Å². The van der Waals surface area contributed by atoms with Gasteiger partial charge in [-0.05, 0) is 69.5 Å². The Labute approximate surface area is 207 Å². The molecule has 0 amide bonds. The van der Waals surface area contributed by atoms with Gasteiger partial charge in [-0.15, -0.1) is 15.3 Å². The molecule has 7 nitrogen and oxygen atoms in total. The summed E-state index contributed by atoms with van der Waals surface area (Å²) in [6.07, 6.45) is 1.18. The minimum absolute atomic E-state index is 0.159. The summed E-state index contributed by atoms with van der Waals surface area (Å²) in [7, 11) is 0. The molecule has 4 aromatic rings. The van der Waals surface area contributed by atoms with Gasteiger partial charge in [-0.25, -0.2) is 9.07 Å². The van der Waals surface area contributed by atoms with Crippen LogP contribution in [0.2, 0.25) is 0 Å². The van der Waals surface area contributed by atoms with Gasteiger partial charge in [0, 0.05) is 22.7 Å². The fourth-order valence-electron chi connectivity index (χ4n) is 4.63. The number of benzene rings is 2. The molecule has 2 aromatic carbocycles. The van der Waals surface area contributed by atoms with Crippen LogP contribution in [-0.2, 0) is 6.54 Å². The second-order valence-corrected chi connectivity index (χ2v) is 9.38. The first-order valence-electron chi connectivity index (χ1n) is 12.0. The Bertz CT molecular complexity index is 1330. The number of nitrogens with zero attached hydrogens (tertiary/aromatic N) is 6. The Morgan fingerprint density at radius 2 is 1.81 bits per heavy atom. The monoisotopic (exact) mass is 496 g/mol. The van der Waals surface area contributed by atoms with E-state index in [1.54, 1.807) is 23.0 Å². The molecule has 1 fully saturated rings. The third-order valence-corrected chi connectivity index (χ3v) is 6.71. The molecular formula is C26H27F3N6O. The summed E-state index contributed by atoms with van der Waals surface area (Å²) < 4.78 is 46.6. The van der Waals surface area contributed by atoms with Crippen molar-refractivity contribution in [3.05, 3.63) is 71.5 Å². The highest BCUT2D eigenvalue weighted by atomic mass is 19.3. The van der Waals surface area contributed by atoms with E-state index in [-0.39, 0.29) is 18.0 Å². The molecule has 36 heavy (non-hydrogen) atoms. The first-order valence-corrected chi connectivity index (χ1v) is 12.0. The molecule has 0 bridgehead atoms. The second-order valence-electron chi connectivity index (χ2n) is 9.38. The summed E-state index contributed by atoms with van der Waals surface area (Å²) in [6, 6.07) is 13.3. The maximum absolute atomic E-state index is 14.7. The topological polar surface area (TPSA) is 72.9 Å². The summed E-state index contributed by atoms with van der Waals surface area (Å²) in [5, 5.41) is 15.3. The molecule has 1 aliphatic rings. The molecule has 5 rings (SSSR count). The number of alkyl halides is 2. The van der Waals surface area contributed by atoms with Crippen LogP contribution in [0, 0.1) is 5.82 Å². The van der Waals surface area contributed by atoms with Crippen LogP contribution in [0.25, 0.3) is 22.7 Å². The summed E-state index contributed by atoms with van der Waals surface area (Å²) in [6.45, 7) is 6.85. The zero-order valence-corrected chi connectivity index (χ0v) is 20.1. The molecule has 2 aromatic heterocycles. The van der Waals surface area contributed by atoms with Gasteiger partial charge in [0.25, 0.3) is 5.89 Å². The van der Waals surface area contributed by atoms with Crippen molar-refractivity contribution < 1.29 is 17.6 Å². The van der Waals surface area contributed by atoms with Crippen LogP contribution >= 0.6 is 0 Å². The van der Waals surface area contributed by atoms with Gasteiger partial charge in [0.15, 0.2) is 0 Å². The Hall–Kier alpha value is -3.53.